The Hall–Kier alpha value is -2.80. The Morgan fingerprint density at radius 3 is 2.68 bits per heavy atom. The van der Waals surface area contributed by atoms with Crippen molar-refractivity contribution in [2.75, 3.05) is 13.6 Å². The molecule has 200 valence electrons. The van der Waals surface area contributed by atoms with E-state index in [0.29, 0.717) is 34.1 Å². The van der Waals surface area contributed by atoms with Crippen molar-refractivity contribution in [3.8, 4) is 0 Å². The summed E-state index contributed by atoms with van der Waals surface area (Å²) in [5.74, 6) is -0.537. The summed E-state index contributed by atoms with van der Waals surface area (Å²) in [6.07, 6.45) is 9.37. The zero-order valence-corrected chi connectivity index (χ0v) is 23.8. The van der Waals surface area contributed by atoms with Crippen molar-refractivity contribution in [2.24, 2.45) is 4.99 Å². The molecule has 1 amide bonds. The average Bonchev–Trinajstić information content (AvgIpc) is 3.27. The van der Waals surface area contributed by atoms with Crippen LogP contribution in [0.2, 0.25) is 5.02 Å². The van der Waals surface area contributed by atoms with Gasteiger partial charge in [-0.25, -0.2) is 4.39 Å². The molecule has 0 aliphatic heterocycles. The highest BCUT2D eigenvalue weighted by Gasteiger charge is 2.32. The lowest BCUT2D eigenvalue weighted by Gasteiger charge is -2.37. The standard InChI is InChI=1S/C31H35ClFN3OS/c1-5-8-22(18-35-6-2)21-12-11-20(3)23(17-21)19-36(25-15-13-24(34-4)14-16-25)31(37)30-29(32)28-26(33)9-7-10-27(28)38-30/h5,7-12,17-18,24-25,34H,1,6,13-16,19H2,2-4H3/b22-8+,35-18-/t24-,25-. The number of rotatable bonds is 9. The minimum absolute atomic E-state index is 0.0751. The van der Waals surface area contributed by atoms with Gasteiger partial charge in [0, 0.05) is 41.5 Å². The summed E-state index contributed by atoms with van der Waals surface area (Å²) in [6, 6.07) is 11.7. The molecule has 0 bridgehead atoms. The van der Waals surface area contributed by atoms with Gasteiger partial charge in [-0.15, -0.1) is 11.3 Å². The molecule has 1 aromatic heterocycles. The maximum atomic E-state index is 14.6. The van der Waals surface area contributed by atoms with E-state index in [1.54, 1.807) is 12.1 Å². The van der Waals surface area contributed by atoms with Crippen molar-refractivity contribution in [2.45, 2.75) is 58.2 Å². The van der Waals surface area contributed by atoms with Gasteiger partial charge in [-0.1, -0.05) is 48.5 Å². The minimum Gasteiger partial charge on any atom is -0.331 e. The third kappa shape index (κ3) is 6.09. The lowest BCUT2D eigenvalue weighted by Crippen LogP contribution is -2.44. The first-order chi connectivity index (χ1) is 18.4. The number of nitrogens with zero attached hydrogens (tertiary/aromatic N) is 2. The highest BCUT2D eigenvalue weighted by atomic mass is 35.5. The van der Waals surface area contributed by atoms with Crippen LogP contribution in [0.15, 0.2) is 60.1 Å². The number of nitrogens with one attached hydrogen (secondary N) is 1. The number of thiophene rings is 1. The first-order valence-corrected chi connectivity index (χ1v) is 14.3. The summed E-state index contributed by atoms with van der Waals surface area (Å²) in [4.78, 5) is 20.9. The molecular weight excluding hydrogens is 517 g/mol. The van der Waals surface area contributed by atoms with E-state index in [1.165, 1.54) is 17.4 Å². The second kappa shape index (κ2) is 12.8. The molecule has 1 saturated carbocycles. The predicted molar refractivity (Wildman–Crippen MR) is 160 cm³/mol. The number of hydrogen-bond acceptors (Lipinski definition) is 4. The largest absolute Gasteiger partial charge is 0.331 e. The average molecular weight is 552 g/mol. The van der Waals surface area contributed by atoms with Crippen molar-refractivity contribution in [1.82, 2.24) is 10.2 Å². The SMILES string of the molecule is C=C/C=C(\C=N/CC)c1ccc(C)c(CN(C(=O)c2sc3cccc(F)c3c2Cl)[C@H]2CC[C@H](NC)CC2)c1. The van der Waals surface area contributed by atoms with Crippen LogP contribution in [-0.4, -0.2) is 42.7 Å². The summed E-state index contributed by atoms with van der Waals surface area (Å²) in [7, 11) is 1.99. The molecule has 7 heteroatoms. The minimum atomic E-state index is -0.400. The molecule has 38 heavy (non-hydrogen) atoms. The zero-order valence-electron chi connectivity index (χ0n) is 22.3. The summed E-state index contributed by atoms with van der Waals surface area (Å²) in [5.41, 5.74) is 4.17. The molecule has 1 aliphatic carbocycles. The Kier molecular flexibility index (Phi) is 9.53. The summed E-state index contributed by atoms with van der Waals surface area (Å²) >= 11 is 7.92. The summed E-state index contributed by atoms with van der Waals surface area (Å²) in [6.45, 7) is 9.07. The molecule has 0 unspecified atom stereocenters. The number of aryl methyl sites for hydroxylation is 1. The third-order valence-electron chi connectivity index (χ3n) is 7.34. The Bertz CT molecular complexity index is 1370. The van der Waals surface area contributed by atoms with Crippen LogP contribution in [0, 0.1) is 12.7 Å². The number of carbonyl (C=O) groups is 1. The van der Waals surface area contributed by atoms with E-state index in [2.05, 4.69) is 42.0 Å². The van der Waals surface area contributed by atoms with Crippen LogP contribution >= 0.6 is 22.9 Å². The molecule has 4 rings (SSSR count). The van der Waals surface area contributed by atoms with Crippen molar-refractivity contribution in [1.29, 1.82) is 0 Å². The molecule has 1 aliphatic rings. The smallest absolute Gasteiger partial charge is 0.266 e. The van der Waals surface area contributed by atoms with Crippen LogP contribution in [0.1, 0.15) is 59.0 Å². The van der Waals surface area contributed by atoms with E-state index in [4.69, 9.17) is 11.6 Å². The zero-order chi connectivity index (χ0) is 27.2. The monoisotopic (exact) mass is 551 g/mol. The van der Waals surface area contributed by atoms with E-state index in [-0.39, 0.29) is 17.0 Å². The molecule has 3 aromatic rings. The Labute approximate surface area is 233 Å². The molecule has 4 nitrogen and oxygen atoms in total. The first-order valence-electron chi connectivity index (χ1n) is 13.1. The van der Waals surface area contributed by atoms with Crippen LogP contribution < -0.4 is 5.32 Å². The lowest BCUT2D eigenvalue weighted by molar-refractivity contribution is 0.0606. The molecular formula is C31H35ClFN3OS. The van der Waals surface area contributed by atoms with Gasteiger partial charge < -0.3 is 10.2 Å². The maximum Gasteiger partial charge on any atom is 0.266 e. The van der Waals surface area contributed by atoms with Crippen LogP contribution in [0.4, 0.5) is 4.39 Å². The maximum absolute atomic E-state index is 14.6. The molecule has 1 fully saturated rings. The summed E-state index contributed by atoms with van der Waals surface area (Å²) < 4.78 is 15.3. The molecule has 0 spiro atoms. The molecule has 2 aromatic carbocycles. The van der Waals surface area contributed by atoms with Gasteiger partial charge in [-0.3, -0.25) is 9.79 Å². The Morgan fingerprint density at radius 1 is 1.26 bits per heavy atom. The highest BCUT2D eigenvalue weighted by Crippen LogP contribution is 2.39. The quantitative estimate of drug-likeness (QED) is 0.217. The van der Waals surface area contributed by atoms with Gasteiger partial charge in [0.1, 0.15) is 10.7 Å². The number of fused-ring (bicyclic) bond motifs is 1. The van der Waals surface area contributed by atoms with Gasteiger partial charge in [0.25, 0.3) is 5.91 Å². The van der Waals surface area contributed by atoms with Crippen molar-refractivity contribution < 1.29 is 9.18 Å². The second-order valence-electron chi connectivity index (χ2n) is 9.71. The van der Waals surface area contributed by atoms with Crippen molar-refractivity contribution >= 4 is 50.7 Å². The fourth-order valence-corrected chi connectivity index (χ4v) is 6.63. The lowest BCUT2D eigenvalue weighted by atomic mass is 9.89. The van der Waals surface area contributed by atoms with E-state index in [1.807, 2.05) is 37.2 Å². The van der Waals surface area contributed by atoms with Crippen molar-refractivity contribution in [3.05, 3.63) is 87.5 Å². The van der Waals surface area contributed by atoms with Gasteiger partial charge in [0.05, 0.1) is 5.02 Å². The number of benzene rings is 2. The van der Waals surface area contributed by atoms with Crippen LogP contribution in [-0.2, 0) is 6.54 Å². The predicted octanol–water partition coefficient (Wildman–Crippen LogP) is 7.84. The molecule has 1 N–H and O–H groups in total. The molecule has 1 heterocycles. The van der Waals surface area contributed by atoms with Crippen molar-refractivity contribution in [3.63, 3.8) is 0 Å². The van der Waals surface area contributed by atoms with Gasteiger partial charge in [0.2, 0.25) is 0 Å². The van der Waals surface area contributed by atoms with E-state index < -0.39 is 5.82 Å². The normalized spacial score (nSPS) is 18.3. The van der Waals surface area contributed by atoms with Crippen LogP contribution in [0.25, 0.3) is 15.7 Å². The fraction of sp³-hybridized carbons (Fsp3) is 0.355. The topological polar surface area (TPSA) is 44.7 Å². The van der Waals surface area contributed by atoms with Gasteiger partial charge in [-0.05, 0) is 87.0 Å². The summed E-state index contributed by atoms with van der Waals surface area (Å²) in [5, 5.41) is 3.91. The number of hydrogen-bond donors (Lipinski definition) is 1. The van der Waals surface area contributed by atoms with E-state index in [0.717, 1.165) is 47.9 Å². The van der Waals surface area contributed by atoms with Crippen LogP contribution in [0.5, 0.6) is 0 Å². The van der Waals surface area contributed by atoms with E-state index in [9.17, 15) is 9.18 Å². The molecule has 0 atom stereocenters. The van der Waals surface area contributed by atoms with Gasteiger partial charge >= 0.3 is 0 Å². The highest BCUT2D eigenvalue weighted by molar-refractivity contribution is 7.21. The van der Waals surface area contributed by atoms with Gasteiger partial charge in [0.15, 0.2) is 0 Å². The fourth-order valence-electron chi connectivity index (χ4n) is 5.12. The molecule has 0 radical (unpaired) electrons. The van der Waals surface area contributed by atoms with Crippen LogP contribution in [0.3, 0.4) is 0 Å². The number of amides is 1. The number of halogens is 2. The molecule has 0 saturated heterocycles. The number of aliphatic imine (C=N–C) groups is 1. The van der Waals surface area contributed by atoms with Gasteiger partial charge in [-0.2, -0.15) is 0 Å². The first kappa shape index (κ1) is 28.2. The number of allylic oxidation sites excluding steroid dienone is 3. The third-order valence-corrected chi connectivity index (χ3v) is 8.97. The Morgan fingerprint density at radius 2 is 2.03 bits per heavy atom. The Balaban J connectivity index is 1.73. The second-order valence-corrected chi connectivity index (χ2v) is 11.1. The number of carbonyl (C=O) groups excluding carboxylic acids is 1. The van der Waals surface area contributed by atoms with E-state index >= 15 is 0 Å².